The standard InChI is InChI=1S/C22H22N4/c1-26(2)13-11-21-19(16-23)15-22(25-21)18-10-12-24-20(14-18)9-8-17-6-4-3-5-7-17/h3-10,12,14-15,25H,11,13H2,1-2H3. The number of H-pyrrole nitrogens is 1. The van der Waals surface area contributed by atoms with Gasteiger partial charge in [-0.3, -0.25) is 4.98 Å². The predicted molar refractivity (Wildman–Crippen MR) is 106 cm³/mol. The number of aromatic nitrogens is 2. The highest BCUT2D eigenvalue weighted by molar-refractivity contribution is 5.71. The van der Waals surface area contributed by atoms with Gasteiger partial charge in [0, 0.05) is 36.1 Å². The summed E-state index contributed by atoms with van der Waals surface area (Å²) in [4.78, 5) is 9.93. The van der Waals surface area contributed by atoms with Crippen molar-refractivity contribution in [2.45, 2.75) is 6.42 Å². The van der Waals surface area contributed by atoms with Crippen LogP contribution in [-0.2, 0) is 6.42 Å². The molecule has 4 heteroatoms. The Bertz CT molecular complexity index is 930. The van der Waals surface area contributed by atoms with Crippen LogP contribution < -0.4 is 0 Å². The van der Waals surface area contributed by atoms with E-state index in [4.69, 9.17) is 0 Å². The van der Waals surface area contributed by atoms with Crippen LogP contribution in [0.3, 0.4) is 0 Å². The fourth-order valence-electron chi connectivity index (χ4n) is 2.74. The molecule has 4 nitrogen and oxygen atoms in total. The summed E-state index contributed by atoms with van der Waals surface area (Å²) in [7, 11) is 4.06. The third-order valence-electron chi connectivity index (χ3n) is 4.17. The Morgan fingerprint density at radius 2 is 1.92 bits per heavy atom. The highest BCUT2D eigenvalue weighted by Crippen LogP contribution is 2.23. The molecule has 0 saturated heterocycles. The van der Waals surface area contributed by atoms with Crippen LogP contribution in [0.25, 0.3) is 23.4 Å². The summed E-state index contributed by atoms with van der Waals surface area (Å²) in [5, 5.41) is 9.40. The maximum Gasteiger partial charge on any atom is 0.101 e. The Kier molecular flexibility index (Phi) is 5.62. The second-order valence-corrected chi connectivity index (χ2v) is 6.45. The first-order valence-corrected chi connectivity index (χ1v) is 8.62. The van der Waals surface area contributed by atoms with Crippen LogP contribution in [0.5, 0.6) is 0 Å². The third kappa shape index (κ3) is 4.47. The van der Waals surface area contributed by atoms with E-state index in [0.29, 0.717) is 5.56 Å². The van der Waals surface area contributed by atoms with Crippen molar-refractivity contribution in [3.8, 4) is 17.3 Å². The van der Waals surface area contributed by atoms with Gasteiger partial charge in [0.1, 0.15) is 6.07 Å². The van der Waals surface area contributed by atoms with E-state index in [1.165, 1.54) is 0 Å². The second kappa shape index (κ2) is 8.28. The highest BCUT2D eigenvalue weighted by Gasteiger charge is 2.10. The summed E-state index contributed by atoms with van der Waals surface area (Å²) in [5.74, 6) is 0. The largest absolute Gasteiger partial charge is 0.357 e. The number of benzene rings is 1. The van der Waals surface area contributed by atoms with Gasteiger partial charge in [-0.15, -0.1) is 0 Å². The van der Waals surface area contributed by atoms with Crippen molar-refractivity contribution < 1.29 is 0 Å². The Morgan fingerprint density at radius 3 is 2.65 bits per heavy atom. The van der Waals surface area contributed by atoms with Crippen LogP contribution in [-0.4, -0.2) is 35.5 Å². The van der Waals surface area contributed by atoms with Gasteiger partial charge in [-0.1, -0.05) is 36.4 Å². The molecule has 2 heterocycles. The number of hydrogen-bond acceptors (Lipinski definition) is 3. The lowest BCUT2D eigenvalue weighted by atomic mass is 10.1. The molecule has 0 unspecified atom stereocenters. The number of hydrogen-bond donors (Lipinski definition) is 1. The van der Waals surface area contributed by atoms with Crippen LogP contribution in [0.4, 0.5) is 0 Å². The Labute approximate surface area is 154 Å². The van der Waals surface area contributed by atoms with Gasteiger partial charge < -0.3 is 9.88 Å². The third-order valence-corrected chi connectivity index (χ3v) is 4.17. The SMILES string of the molecule is CN(C)CCc1[nH]c(-c2ccnc(C=Cc3ccccc3)c2)cc1C#N. The molecule has 0 fully saturated rings. The summed E-state index contributed by atoms with van der Waals surface area (Å²) < 4.78 is 0. The van der Waals surface area contributed by atoms with Gasteiger partial charge in [0.2, 0.25) is 0 Å². The molecule has 0 atom stereocenters. The fraction of sp³-hybridized carbons (Fsp3) is 0.182. The lowest BCUT2D eigenvalue weighted by molar-refractivity contribution is 0.412. The van der Waals surface area contributed by atoms with Crippen LogP contribution >= 0.6 is 0 Å². The molecule has 1 aromatic carbocycles. The molecule has 0 spiro atoms. The van der Waals surface area contributed by atoms with Crippen molar-refractivity contribution in [2.75, 3.05) is 20.6 Å². The fourth-order valence-corrected chi connectivity index (χ4v) is 2.74. The number of aromatic amines is 1. The number of nitriles is 1. The first kappa shape index (κ1) is 17.7. The van der Waals surface area contributed by atoms with Gasteiger partial charge in [-0.05, 0) is 43.9 Å². The highest BCUT2D eigenvalue weighted by atomic mass is 15.0. The predicted octanol–water partition coefficient (Wildman–Crippen LogP) is 4.22. The molecule has 2 aromatic heterocycles. The van der Waals surface area contributed by atoms with Gasteiger partial charge in [0.25, 0.3) is 0 Å². The molecular formula is C22H22N4. The van der Waals surface area contributed by atoms with Gasteiger partial charge in [0.05, 0.1) is 11.3 Å². The van der Waals surface area contributed by atoms with E-state index in [1.54, 1.807) is 6.20 Å². The molecule has 3 rings (SSSR count). The van der Waals surface area contributed by atoms with Gasteiger partial charge in [0.15, 0.2) is 0 Å². The second-order valence-electron chi connectivity index (χ2n) is 6.45. The minimum atomic E-state index is 0.708. The average Bonchev–Trinajstić information content (AvgIpc) is 3.09. The van der Waals surface area contributed by atoms with Crippen molar-refractivity contribution in [3.05, 3.63) is 77.2 Å². The molecule has 0 bridgehead atoms. The number of pyridine rings is 1. The summed E-state index contributed by atoms with van der Waals surface area (Å²) >= 11 is 0. The summed E-state index contributed by atoms with van der Waals surface area (Å²) in [5.41, 5.74) is 5.69. The van der Waals surface area contributed by atoms with Crippen LogP contribution in [0, 0.1) is 11.3 Å². The Balaban J connectivity index is 1.84. The van der Waals surface area contributed by atoms with E-state index in [2.05, 4.69) is 33.1 Å². The van der Waals surface area contributed by atoms with E-state index >= 15 is 0 Å². The van der Waals surface area contributed by atoms with E-state index in [0.717, 1.165) is 41.2 Å². The monoisotopic (exact) mass is 342 g/mol. The molecule has 1 N–H and O–H groups in total. The van der Waals surface area contributed by atoms with Crippen LogP contribution in [0.15, 0.2) is 54.7 Å². The van der Waals surface area contributed by atoms with E-state index in [9.17, 15) is 5.26 Å². The van der Waals surface area contributed by atoms with Crippen LogP contribution in [0.2, 0.25) is 0 Å². The average molecular weight is 342 g/mol. The van der Waals surface area contributed by atoms with Crippen molar-refractivity contribution >= 4 is 12.2 Å². The quantitative estimate of drug-likeness (QED) is 0.729. The molecule has 0 amide bonds. The van der Waals surface area contributed by atoms with Crippen molar-refractivity contribution in [1.82, 2.24) is 14.9 Å². The van der Waals surface area contributed by atoms with Crippen molar-refractivity contribution in [3.63, 3.8) is 0 Å². The number of nitrogens with zero attached hydrogens (tertiary/aromatic N) is 3. The zero-order valence-electron chi connectivity index (χ0n) is 15.1. The minimum absolute atomic E-state index is 0.708. The first-order valence-electron chi connectivity index (χ1n) is 8.62. The Hall–Kier alpha value is -3.16. The molecule has 0 saturated carbocycles. The molecule has 26 heavy (non-hydrogen) atoms. The molecular weight excluding hydrogens is 320 g/mol. The van der Waals surface area contributed by atoms with E-state index in [-0.39, 0.29) is 0 Å². The molecule has 0 radical (unpaired) electrons. The van der Waals surface area contributed by atoms with Gasteiger partial charge >= 0.3 is 0 Å². The summed E-state index contributed by atoms with van der Waals surface area (Å²) in [6, 6.07) is 18.4. The van der Waals surface area contributed by atoms with Gasteiger partial charge in [-0.2, -0.15) is 5.26 Å². The summed E-state index contributed by atoms with van der Waals surface area (Å²) in [6.07, 6.45) is 6.66. The number of nitrogens with one attached hydrogen (secondary N) is 1. The van der Waals surface area contributed by atoms with E-state index in [1.807, 2.05) is 62.6 Å². The van der Waals surface area contributed by atoms with Crippen molar-refractivity contribution in [1.29, 1.82) is 5.26 Å². The number of likely N-dealkylation sites (N-methyl/N-ethyl adjacent to an activating group) is 1. The smallest absolute Gasteiger partial charge is 0.101 e. The lowest BCUT2D eigenvalue weighted by Crippen LogP contribution is -2.15. The topological polar surface area (TPSA) is 55.7 Å². The normalized spacial score (nSPS) is 11.2. The zero-order chi connectivity index (χ0) is 18.4. The summed E-state index contributed by atoms with van der Waals surface area (Å²) in [6.45, 7) is 0.899. The van der Waals surface area contributed by atoms with Crippen molar-refractivity contribution in [2.24, 2.45) is 0 Å². The minimum Gasteiger partial charge on any atom is -0.357 e. The van der Waals surface area contributed by atoms with Crippen LogP contribution in [0.1, 0.15) is 22.5 Å². The lowest BCUT2D eigenvalue weighted by Gasteiger charge is -2.08. The zero-order valence-corrected chi connectivity index (χ0v) is 15.1. The maximum atomic E-state index is 9.40. The molecule has 0 aliphatic carbocycles. The van der Waals surface area contributed by atoms with E-state index < -0.39 is 0 Å². The molecule has 0 aliphatic rings. The van der Waals surface area contributed by atoms with Gasteiger partial charge in [-0.25, -0.2) is 0 Å². The molecule has 0 aliphatic heterocycles. The first-order chi connectivity index (χ1) is 12.7. The number of rotatable bonds is 6. The Morgan fingerprint density at radius 1 is 1.12 bits per heavy atom. The molecule has 130 valence electrons. The maximum absolute atomic E-state index is 9.40. The molecule has 3 aromatic rings.